The van der Waals surface area contributed by atoms with Gasteiger partial charge in [-0.15, -0.1) is 0 Å². The van der Waals surface area contributed by atoms with Gasteiger partial charge in [0.25, 0.3) is 0 Å². The summed E-state index contributed by atoms with van der Waals surface area (Å²) in [6, 6.07) is 9.90. The molecule has 1 aromatic heterocycles. The van der Waals surface area contributed by atoms with E-state index < -0.39 is 0 Å². The van der Waals surface area contributed by atoms with E-state index in [0.29, 0.717) is 0 Å². The quantitative estimate of drug-likeness (QED) is 0.764. The van der Waals surface area contributed by atoms with Crippen LogP contribution in [0.25, 0.3) is 0 Å². The summed E-state index contributed by atoms with van der Waals surface area (Å²) < 4.78 is 3.89. The summed E-state index contributed by atoms with van der Waals surface area (Å²) in [5.41, 5.74) is 1.04. The van der Waals surface area contributed by atoms with Crippen molar-refractivity contribution in [2.75, 3.05) is 5.32 Å². The number of nitrogens with zero attached hydrogens (tertiary/aromatic N) is 2. The van der Waals surface area contributed by atoms with Crippen LogP contribution in [0, 0.1) is 0 Å². The van der Waals surface area contributed by atoms with E-state index in [1.807, 2.05) is 30.3 Å². The minimum absolute atomic E-state index is 0.821. The van der Waals surface area contributed by atoms with Crippen LogP contribution < -0.4 is 5.32 Å². The Bertz CT molecular complexity index is 330. The second-order valence-electron chi connectivity index (χ2n) is 2.24. The molecule has 1 heterocycles. The Morgan fingerprint density at radius 2 is 2.00 bits per heavy atom. The minimum Gasteiger partial charge on any atom is -0.330 e. The third-order valence-corrected chi connectivity index (χ3v) is 1.97. The fourth-order valence-electron chi connectivity index (χ4n) is 0.873. The standard InChI is InChI=1S/C8H7N3S/c1-2-4-7(5-3-1)11-8-9-6-10-12-8/h1-6H,(H,9,10,11). The largest absolute Gasteiger partial charge is 0.330 e. The smallest absolute Gasteiger partial charge is 0.206 e. The van der Waals surface area contributed by atoms with Crippen LogP contribution in [0.4, 0.5) is 10.8 Å². The van der Waals surface area contributed by atoms with Crippen molar-refractivity contribution in [3.63, 3.8) is 0 Å². The van der Waals surface area contributed by atoms with Gasteiger partial charge in [0.2, 0.25) is 5.13 Å². The van der Waals surface area contributed by atoms with Crippen molar-refractivity contribution in [3.8, 4) is 0 Å². The molecule has 1 N–H and O–H groups in total. The fraction of sp³-hybridized carbons (Fsp3) is 0. The van der Waals surface area contributed by atoms with Crippen LogP contribution in [-0.4, -0.2) is 9.36 Å². The van der Waals surface area contributed by atoms with Crippen LogP contribution >= 0.6 is 11.5 Å². The Morgan fingerprint density at radius 3 is 2.67 bits per heavy atom. The molecule has 2 rings (SSSR count). The number of anilines is 2. The zero-order chi connectivity index (χ0) is 8.23. The molecular weight excluding hydrogens is 170 g/mol. The van der Waals surface area contributed by atoms with Crippen molar-refractivity contribution in [2.45, 2.75) is 0 Å². The molecule has 1 aromatic carbocycles. The van der Waals surface area contributed by atoms with Crippen molar-refractivity contribution in [3.05, 3.63) is 36.7 Å². The summed E-state index contributed by atoms with van der Waals surface area (Å²) in [6.45, 7) is 0. The highest BCUT2D eigenvalue weighted by Gasteiger charge is 1.94. The van der Waals surface area contributed by atoms with Crippen LogP contribution in [0.1, 0.15) is 0 Å². The number of hydrogen-bond donors (Lipinski definition) is 1. The maximum absolute atomic E-state index is 4.01. The topological polar surface area (TPSA) is 37.8 Å². The first-order chi connectivity index (χ1) is 5.95. The lowest BCUT2D eigenvalue weighted by Crippen LogP contribution is -1.87. The molecule has 0 aliphatic heterocycles. The van der Waals surface area contributed by atoms with Crippen LogP contribution in [-0.2, 0) is 0 Å². The molecule has 0 atom stereocenters. The van der Waals surface area contributed by atoms with Gasteiger partial charge in [-0.05, 0) is 12.1 Å². The molecule has 3 nitrogen and oxygen atoms in total. The zero-order valence-electron chi connectivity index (χ0n) is 6.27. The Balaban J connectivity index is 2.15. The molecule has 60 valence electrons. The fourth-order valence-corrected chi connectivity index (χ4v) is 1.33. The van der Waals surface area contributed by atoms with Crippen LogP contribution in [0.5, 0.6) is 0 Å². The molecule has 0 saturated heterocycles. The first-order valence-corrected chi connectivity index (χ1v) is 4.31. The van der Waals surface area contributed by atoms with Gasteiger partial charge in [0, 0.05) is 17.2 Å². The van der Waals surface area contributed by atoms with Crippen LogP contribution in [0.3, 0.4) is 0 Å². The lowest BCUT2D eigenvalue weighted by molar-refractivity contribution is 1.32. The van der Waals surface area contributed by atoms with Crippen LogP contribution in [0.15, 0.2) is 36.7 Å². The Kier molecular flexibility index (Phi) is 2.00. The molecule has 0 unspecified atom stereocenters. The highest BCUT2D eigenvalue weighted by molar-refractivity contribution is 7.09. The van der Waals surface area contributed by atoms with Gasteiger partial charge < -0.3 is 5.32 Å². The molecule has 0 bridgehead atoms. The summed E-state index contributed by atoms with van der Waals surface area (Å²) >= 11 is 1.35. The highest BCUT2D eigenvalue weighted by atomic mass is 32.1. The first-order valence-electron chi connectivity index (χ1n) is 3.54. The van der Waals surface area contributed by atoms with Gasteiger partial charge in [0.1, 0.15) is 6.33 Å². The second-order valence-corrected chi connectivity index (χ2v) is 3.02. The number of aromatic nitrogens is 2. The summed E-state index contributed by atoms with van der Waals surface area (Å²) in [5.74, 6) is 0. The van der Waals surface area contributed by atoms with E-state index in [1.54, 1.807) is 0 Å². The molecule has 0 saturated carbocycles. The van der Waals surface area contributed by atoms with Gasteiger partial charge in [0.05, 0.1) is 0 Å². The molecule has 2 aromatic rings. The molecule has 4 heteroatoms. The lowest BCUT2D eigenvalue weighted by atomic mass is 10.3. The predicted molar refractivity (Wildman–Crippen MR) is 49.6 cm³/mol. The molecule has 0 aliphatic rings. The molecule has 0 radical (unpaired) electrons. The Labute approximate surface area is 74.3 Å². The third kappa shape index (κ3) is 1.60. The van der Waals surface area contributed by atoms with Gasteiger partial charge in [-0.2, -0.15) is 4.37 Å². The second kappa shape index (κ2) is 3.32. The molecule has 0 aliphatic carbocycles. The summed E-state index contributed by atoms with van der Waals surface area (Å²) in [7, 11) is 0. The monoisotopic (exact) mass is 177 g/mol. The maximum Gasteiger partial charge on any atom is 0.206 e. The van der Waals surface area contributed by atoms with Crippen molar-refractivity contribution in [1.82, 2.24) is 9.36 Å². The average Bonchev–Trinajstić information content (AvgIpc) is 2.59. The van der Waals surface area contributed by atoms with Crippen molar-refractivity contribution in [2.24, 2.45) is 0 Å². The van der Waals surface area contributed by atoms with Gasteiger partial charge >= 0.3 is 0 Å². The van der Waals surface area contributed by atoms with E-state index in [0.717, 1.165) is 10.8 Å². The zero-order valence-corrected chi connectivity index (χ0v) is 7.08. The summed E-state index contributed by atoms with van der Waals surface area (Å²) in [5, 5.41) is 3.95. The van der Waals surface area contributed by atoms with Crippen molar-refractivity contribution < 1.29 is 0 Å². The SMILES string of the molecule is c1ccc(Nc2ncns2)cc1. The maximum atomic E-state index is 4.01. The van der Waals surface area contributed by atoms with E-state index in [4.69, 9.17) is 0 Å². The number of para-hydroxylation sites is 1. The minimum atomic E-state index is 0.821. The third-order valence-electron chi connectivity index (χ3n) is 1.39. The normalized spacial score (nSPS) is 9.67. The number of nitrogens with one attached hydrogen (secondary N) is 1. The average molecular weight is 177 g/mol. The van der Waals surface area contributed by atoms with Crippen molar-refractivity contribution in [1.29, 1.82) is 0 Å². The highest BCUT2D eigenvalue weighted by Crippen LogP contribution is 2.15. The van der Waals surface area contributed by atoms with Crippen LogP contribution in [0.2, 0.25) is 0 Å². The number of rotatable bonds is 2. The van der Waals surface area contributed by atoms with Gasteiger partial charge in [-0.1, -0.05) is 18.2 Å². The molecule has 0 fully saturated rings. The number of hydrogen-bond acceptors (Lipinski definition) is 4. The summed E-state index contributed by atoms with van der Waals surface area (Å²) in [4.78, 5) is 4.01. The van der Waals surface area contributed by atoms with Gasteiger partial charge in [-0.25, -0.2) is 4.98 Å². The molecular formula is C8H7N3S. The van der Waals surface area contributed by atoms with E-state index in [9.17, 15) is 0 Å². The Morgan fingerprint density at radius 1 is 1.17 bits per heavy atom. The van der Waals surface area contributed by atoms with E-state index in [-0.39, 0.29) is 0 Å². The van der Waals surface area contributed by atoms with Crippen molar-refractivity contribution >= 4 is 22.4 Å². The molecule has 0 amide bonds. The summed E-state index contributed by atoms with van der Waals surface area (Å²) in [6.07, 6.45) is 1.54. The predicted octanol–water partition coefficient (Wildman–Crippen LogP) is 2.28. The van der Waals surface area contributed by atoms with E-state index in [1.165, 1.54) is 17.9 Å². The van der Waals surface area contributed by atoms with E-state index in [2.05, 4.69) is 14.7 Å². The van der Waals surface area contributed by atoms with Gasteiger partial charge in [0.15, 0.2) is 0 Å². The lowest BCUT2D eigenvalue weighted by Gasteiger charge is -1.98. The molecule has 12 heavy (non-hydrogen) atoms. The van der Waals surface area contributed by atoms with E-state index >= 15 is 0 Å². The molecule has 0 spiro atoms. The first kappa shape index (κ1) is 7.24. The van der Waals surface area contributed by atoms with Gasteiger partial charge in [-0.3, -0.25) is 0 Å². The number of benzene rings is 1. The Hall–Kier alpha value is -1.42.